The van der Waals surface area contributed by atoms with Crippen molar-refractivity contribution in [2.75, 3.05) is 13.1 Å². The predicted molar refractivity (Wildman–Crippen MR) is 66.4 cm³/mol. The van der Waals surface area contributed by atoms with Gasteiger partial charge in [0, 0.05) is 13.1 Å². The SMILES string of the molecule is CC1CC2CN(C(=O)C(C)(C)N=O)CC2C1C. The first-order chi connectivity index (χ1) is 7.86. The second kappa shape index (κ2) is 4.07. The van der Waals surface area contributed by atoms with E-state index in [1.54, 1.807) is 13.8 Å². The Kier molecular flexibility index (Phi) is 3.00. The van der Waals surface area contributed by atoms with Crippen LogP contribution in [-0.2, 0) is 4.79 Å². The summed E-state index contributed by atoms with van der Waals surface area (Å²) in [6, 6.07) is 0. The summed E-state index contributed by atoms with van der Waals surface area (Å²) < 4.78 is 0. The molecule has 2 rings (SSSR count). The minimum absolute atomic E-state index is 0.109. The smallest absolute Gasteiger partial charge is 0.253 e. The lowest BCUT2D eigenvalue weighted by atomic mass is 9.91. The van der Waals surface area contributed by atoms with Crippen LogP contribution in [0.25, 0.3) is 0 Å². The van der Waals surface area contributed by atoms with Gasteiger partial charge < -0.3 is 4.90 Å². The number of likely N-dealkylation sites (tertiary alicyclic amines) is 1. The molecule has 1 aliphatic heterocycles. The predicted octanol–water partition coefficient (Wildman–Crippen LogP) is 2.28. The Morgan fingerprint density at radius 2 is 1.94 bits per heavy atom. The molecule has 4 heteroatoms. The number of carbonyl (C=O) groups excluding carboxylic acids is 1. The topological polar surface area (TPSA) is 49.7 Å². The molecule has 17 heavy (non-hydrogen) atoms. The number of nitroso groups, excluding NO2 is 1. The van der Waals surface area contributed by atoms with Gasteiger partial charge in [-0.05, 0) is 43.9 Å². The van der Waals surface area contributed by atoms with Crippen molar-refractivity contribution in [2.45, 2.75) is 39.7 Å². The number of carbonyl (C=O) groups is 1. The van der Waals surface area contributed by atoms with Crippen molar-refractivity contribution in [3.05, 3.63) is 4.91 Å². The van der Waals surface area contributed by atoms with Crippen LogP contribution >= 0.6 is 0 Å². The minimum Gasteiger partial charge on any atom is -0.340 e. The third kappa shape index (κ3) is 1.98. The number of hydrogen-bond acceptors (Lipinski definition) is 3. The zero-order chi connectivity index (χ0) is 12.8. The van der Waals surface area contributed by atoms with Gasteiger partial charge in [-0.1, -0.05) is 19.0 Å². The Hall–Kier alpha value is -0.930. The minimum atomic E-state index is -1.10. The van der Waals surface area contributed by atoms with Crippen LogP contribution in [0.15, 0.2) is 5.18 Å². The van der Waals surface area contributed by atoms with E-state index < -0.39 is 5.54 Å². The average Bonchev–Trinajstić information content (AvgIpc) is 2.79. The van der Waals surface area contributed by atoms with Gasteiger partial charge in [0.05, 0.1) is 0 Å². The number of hydrogen-bond donors (Lipinski definition) is 0. The first-order valence-electron chi connectivity index (χ1n) is 6.50. The molecule has 0 bridgehead atoms. The number of amides is 1. The summed E-state index contributed by atoms with van der Waals surface area (Å²) in [5.41, 5.74) is -1.10. The molecular weight excluding hydrogens is 216 g/mol. The molecule has 4 unspecified atom stereocenters. The maximum absolute atomic E-state index is 12.1. The molecule has 96 valence electrons. The summed E-state index contributed by atoms with van der Waals surface area (Å²) >= 11 is 0. The summed E-state index contributed by atoms with van der Waals surface area (Å²) in [7, 11) is 0. The normalized spacial score (nSPS) is 37.1. The van der Waals surface area contributed by atoms with E-state index in [4.69, 9.17) is 0 Å². The van der Waals surface area contributed by atoms with Crippen LogP contribution < -0.4 is 0 Å². The highest BCUT2D eigenvalue weighted by Gasteiger charge is 2.47. The molecule has 1 amide bonds. The Morgan fingerprint density at radius 1 is 1.29 bits per heavy atom. The van der Waals surface area contributed by atoms with Gasteiger partial charge in [-0.3, -0.25) is 4.79 Å². The average molecular weight is 238 g/mol. The molecule has 4 nitrogen and oxygen atoms in total. The van der Waals surface area contributed by atoms with E-state index in [0.717, 1.165) is 19.0 Å². The number of nitrogens with zero attached hydrogens (tertiary/aromatic N) is 2. The molecule has 0 N–H and O–H groups in total. The van der Waals surface area contributed by atoms with Gasteiger partial charge in [0.2, 0.25) is 0 Å². The largest absolute Gasteiger partial charge is 0.340 e. The third-order valence-corrected chi connectivity index (χ3v) is 4.78. The van der Waals surface area contributed by atoms with E-state index in [-0.39, 0.29) is 5.91 Å². The molecule has 4 atom stereocenters. The van der Waals surface area contributed by atoms with Gasteiger partial charge in [0.15, 0.2) is 5.54 Å². The fourth-order valence-electron chi connectivity index (χ4n) is 3.45. The van der Waals surface area contributed by atoms with Crippen molar-refractivity contribution >= 4 is 5.91 Å². The lowest BCUT2D eigenvalue weighted by Crippen LogP contribution is -2.43. The van der Waals surface area contributed by atoms with Gasteiger partial charge in [-0.15, -0.1) is 4.91 Å². The molecule has 1 heterocycles. The lowest BCUT2D eigenvalue weighted by molar-refractivity contribution is -0.135. The molecule has 1 saturated heterocycles. The molecule has 2 aliphatic rings. The molecule has 2 fully saturated rings. The molecule has 0 aromatic carbocycles. The van der Waals surface area contributed by atoms with Gasteiger partial charge in [-0.2, -0.15) is 0 Å². The van der Waals surface area contributed by atoms with Crippen molar-refractivity contribution in [3.8, 4) is 0 Å². The fourth-order valence-corrected chi connectivity index (χ4v) is 3.45. The highest BCUT2D eigenvalue weighted by atomic mass is 16.3. The highest BCUT2D eigenvalue weighted by Crippen LogP contribution is 2.45. The van der Waals surface area contributed by atoms with Crippen molar-refractivity contribution in [1.82, 2.24) is 4.90 Å². The maximum atomic E-state index is 12.1. The fraction of sp³-hybridized carbons (Fsp3) is 0.923. The molecular formula is C13H22N2O2. The summed E-state index contributed by atoms with van der Waals surface area (Å²) in [6.45, 7) is 9.41. The van der Waals surface area contributed by atoms with E-state index in [9.17, 15) is 9.70 Å². The quantitative estimate of drug-likeness (QED) is 0.693. The van der Waals surface area contributed by atoms with Crippen LogP contribution in [0.1, 0.15) is 34.1 Å². The molecule has 0 aromatic heterocycles. The Balaban J connectivity index is 2.05. The van der Waals surface area contributed by atoms with Crippen molar-refractivity contribution in [1.29, 1.82) is 0 Å². The first-order valence-corrected chi connectivity index (χ1v) is 6.50. The van der Waals surface area contributed by atoms with Crippen LogP contribution in [0.3, 0.4) is 0 Å². The van der Waals surface area contributed by atoms with Crippen LogP contribution in [0.4, 0.5) is 0 Å². The second-order valence-corrected chi connectivity index (χ2v) is 6.36. The summed E-state index contributed by atoms with van der Waals surface area (Å²) in [6.07, 6.45) is 1.21. The van der Waals surface area contributed by atoms with E-state index in [2.05, 4.69) is 19.0 Å². The maximum Gasteiger partial charge on any atom is 0.253 e. The van der Waals surface area contributed by atoms with Gasteiger partial charge in [-0.25, -0.2) is 0 Å². The summed E-state index contributed by atoms with van der Waals surface area (Å²) in [5.74, 6) is 2.59. The second-order valence-electron chi connectivity index (χ2n) is 6.36. The van der Waals surface area contributed by atoms with Crippen LogP contribution in [0.2, 0.25) is 0 Å². The Labute approximate surface area is 103 Å². The van der Waals surface area contributed by atoms with E-state index in [1.807, 2.05) is 4.90 Å². The standard InChI is InChI=1S/C13H22N2O2/c1-8-5-10-6-15(7-11(10)9(8)2)12(16)13(3,4)14-17/h8-11H,5-7H2,1-4H3. The Bertz CT molecular complexity index is 340. The summed E-state index contributed by atoms with van der Waals surface area (Å²) in [5, 5.41) is 2.95. The van der Waals surface area contributed by atoms with E-state index in [1.165, 1.54) is 6.42 Å². The number of rotatable bonds is 2. The monoisotopic (exact) mass is 238 g/mol. The molecule has 0 spiro atoms. The van der Waals surface area contributed by atoms with Crippen molar-refractivity contribution < 1.29 is 4.79 Å². The van der Waals surface area contributed by atoms with Crippen molar-refractivity contribution in [3.63, 3.8) is 0 Å². The van der Waals surface area contributed by atoms with E-state index >= 15 is 0 Å². The molecule has 0 aromatic rings. The van der Waals surface area contributed by atoms with Crippen LogP contribution in [0.5, 0.6) is 0 Å². The third-order valence-electron chi connectivity index (χ3n) is 4.78. The Morgan fingerprint density at radius 3 is 2.47 bits per heavy atom. The lowest BCUT2D eigenvalue weighted by Gasteiger charge is -2.25. The highest BCUT2D eigenvalue weighted by molar-refractivity contribution is 5.85. The zero-order valence-electron chi connectivity index (χ0n) is 11.1. The first kappa shape index (κ1) is 12.5. The van der Waals surface area contributed by atoms with Crippen molar-refractivity contribution in [2.24, 2.45) is 28.8 Å². The molecule has 1 aliphatic carbocycles. The van der Waals surface area contributed by atoms with Gasteiger partial charge in [0.25, 0.3) is 5.91 Å². The van der Waals surface area contributed by atoms with Gasteiger partial charge in [0.1, 0.15) is 0 Å². The summed E-state index contributed by atoms with van der Waals surface area (Å²) in [4.78, 5) is 24.7. The number of fused-ring (bicyclic) bond motifs is 1. The zero-order valence-corrected chi connectivity index (χ0v) is 11.1. The van der Waals surface area contributed by atoms with Gasteiger partial charge >= 0.3 is 0 Å². The molecule has 0 radical (unpaired) electrons. The van der Waals surface area contributed by atoms with E-state index in [0.29, 0.717) is 17.8 Å². The van der Waals surface area contributed by atoms with Crippen LogP contribution in [0, 0.1) is 28.6 Å². The molecule has 1 saturated carbocycles. The van der Waals surface area contributed by atoms with Crippen LogP contribution in [-0.4, -0.2) is 29.4 Å².